The highest BCUT2D eigenvalue weighted by Gasteiger charge is 2.14. The van der Waals surface area contributed by atoms with E-state index in [1.807, 2.05) is 32.0 Å². The predicted molar refractivity (Wildman–Crippen MR) is 74.0 cm³/mol. The molecule has 0 bridgehead atoms. The summed E-state index contributed by atoms with van der Waals surface area (Å²) < 4.78 is 5.02. The fraction of sp³-hybridized carbons (Fsp3) is 0.188. The maximum atomic E-state index is 12.4. The summed E-state index contributed by atoms with van der Waals surface area (Å²) >= 11 is 0. The zero-order valence-electron chi connectivity index (χ0n) is 11.2. The van der Waals surface area contributed by atoms with Crippen molar-refractivity contribution in [2.45, 2.75) is 13.8 Å². The molecule has 2 aromatic carbocycles. The molecule has 0 saturated heterocycles. The van der Waals surface area contributed by atoms with Gasteiger partial charge in [-0.2, -0.15) is 0 Å². The maximum absolute atomic E-state index is 12.4. The van der Waals surface area contributed by atoms with Crippen molar-refractivity contribution in [3.63, 3.8) is 0 Å². The number of rotatable bonds is 3. The van der Waals surface area contributed by atoms with Gasteiger partial charge < -0.3 is 9.84 Å². The molecular formula is C16H16O3. The summed E-state index contributed by atoms with van der Waals surface area (Å²) in [5.74, 6) is 0.256. The maximum Gasteiger partial charge on any atom is 0.193 e. The van der Waals surface area contributed by atoms with E-state index < -0.39 is 0 Å². The summed E-state index contributed by atoms with van der Waals surface area (Å²) in [6, 6.07) is 10.3. The highest BCUT2D eigenvalue weighted by molar-refractivity contribution is 6.10. The molecule has 0 spiro atoms. The van der Waals surface area contributed by atoms with Crippen LogP contribution in [0.1, 0.15) is 27.0 Å². The molecular weight excluding hydrogens is 240 g/mol. The minimum absolute atomic E-state index is 0.0275. The summed E-state index contributed by atoms with van der Waals surface area (Å²) in [5, 5.41) is 9.54. The molecule has 19 heavy (non-hydrogen) atoms. The summed E-state index contributed by atoms with van der Waals surface area (Å²) in [6.45, 7) is 3.91. The van der Waals surface area contributed by atoms with E-state index >= 15 is 0 Å². The molecule has 0 aliphatic carbocycles. The standard InChI is InChI=1S/C16H16O3/c1-10-4-6-13(11(2)8-10)16(18)12-5-7-14(17)15(9-12)19-3/h4-9,17H,1-3H3. The van der Waals surface area contributed by atoms with Gasteiger partial charge in [-0.3, -0.25) is 4.79 Å². The summed E-state index contributed by atoms with van der Waals surface area (Å²) in [5.41, 5.74) is 3.23. The Balaban J connectivity index is 2.44. The van der Waals surface area contributed by atoms with E-state index in [1.54, 1.807) is 12.1 Å². The molecule has 3 nitrogen and oxygen atoms in total. The molecule has 0 aromatic heterocycles. The monoisotopic (exact) mass is 256 g/mol. The van der Waals surface area contributed by atoms with Crippen molar-refractivity contribution in [3.05, 3.63) is 58.7 Å². The number of aryl methyl sites for hydroxylation is 2. The van der Waals surface area contributed by atoms with Crippen LogP contribution in [0.15, 0.2) is 36.4 Å². The van der Waals surface area contributed by atoms with E-state index in [2.05, 4.69) is 0 Å². The summed E-state index contributed by atoms with van der Waals surface area (Å²) in [6.07, 6.45) is 0. The number of hydrogen-bond acceptors (Lipinski definition) is 3. The van der Waals surface area contributed by atoms with Gasteiger partial charge in [-0.1, -0.05) is 23.8 Å². The molecule has 0 fully saturated rings. The smallest absolute Gasteiger partial charge is 0.193 e. The van der Waals surface area contributed by atoms with Gasteiger partial charge >= 0.3 is 0 Å². The molecule has 2 aromatic rings. The fourth-order valence-corrected chi connectivity index (χ4v) is 2.04. The Hall–Kier alpha value is -2.29. The van der Waals surface area contributed by atoms with Crippen LogP contribution in [0.25, 0.3) is 0 Å². The Labute approximate surface area is 112 Å². The number of ketones is 1. The molecule has 1 N–H and O–H groups in total. The van der Waals surface area contributed by atoms with Gasteiger partial charge in [0.1, 0.15) is 0 Å². The van der Waals surface area contributed by atoms with Crippen LogP contribution in [0.4, 0.5) is 0 Å². The zero-order valence-corrected chi connectivity index (χ0v) is 11.2. The Morgan fingerprint density at radius 1 is 1.11 bits per heavy atom. The Morgan fingerprint density at radius 3 is 2.47 bits per heavy atom. The lowest BCUT2D eigenvalue weighted by molar-refractivity contribution is 0.103. The van der Waals surface area contributed by atoms with Crippen LogP contribution in [0.2, 0.25) is 0 Å². The molecule has 0 heterocycles. The number of carbonyl (C=O) groups is 1. The molecule has 0 unspecified atom stereocenters. The number of ether oxygens (including phenoxy) is 1. The minimum Gasteiger partial charge on any atom is -0.504 e. The lowest BCUT2D eigenvalue weighted by Crippen LogP contribution is -2.04. The number of phenols is 1. The summed E-state index contributed by atoms with van der Waals surface area (Å²) in [7, 11) is 1.46. The average molecular weight is 256 g/mol. The number of benzene rings is 2. The lowest BCUT2D eigenvalue weighted by Gasteiger charge is -2.08. The molecule has 0 aliphatic heterocycles. The molecule has 3 heteroatoms. The molecule has 0 atom stereocenters. The van der Waals surface area contributed by atoms with Crippen LogP contribution in [-0.4, -0.2) is 18.0 Å². The van der Waals surface area contributed by atoms with Crippen LogP contribution in [0.5, 0.6) is 11.5 Å². The van der Waals surface area contributed by atoms with E-state index in [4.69, 9.17) is 4.74 Å². The second kappa shape index (κ2) is 5.14. The van der Waals surface area contributed by atoms with Crippen molar-refractivity contribution in [1.29, 1.82) is 0 Å². The second-order valence-electron chi connectivity index (χ2n) is 4.53. The van der Waals surface area contributed by atoms with Crippen LogP contribution in [-0.2, 0) is 0 Å². The Kier molecular flexibility index (Phi) is 3.56. The highest BCUT2D eigenvalue weighted by Crippen LogP contribution is 2.27. The first-order valence-electron chi connectivity index (χ1n) is 6.02. The Bertz CT molecular complexity index is 630. The van der Waals surface area contributed by atoms with Crippen molar-refractivity contribution in [2.75, 3.05) is 7.11 Å². The van der Waals surface area contributed by atoms with Gasteiger partial charge in [-0.05, 0) is 37.6 Å². The topological polar surface area (TPSA) is 46.5 Å². The number of phenolic OH excluding ortho intramolecular Hbond substituents is 1. The van der Waals surface area contributed by atoms with Crippen molar-refractivity contribution >= 4 is 5.78 Å². The highest BCUT2D eigenvalue weighted by atomic mass is 16.5. The first-order chi connectivity index (χ1) is 9.02. The number of hydrogen-bond donors (Lipinski definition) is 1. The second-order valence-corrected chi connectivity index (χ2v) is 4.53. The molecule has 2 rings (SSSR count). The first-order valence-corrected chi connectivity index (χ1v) is 6.02. The molecule has 0 saturated carbocycles. The lowest BCUT2D eigenvalue weighted by atomic mass is 9.97. The molecule has 0 radical (unpaired) electrons. The van der Waals surface area contributed by atoms with Gasteiger partial charge in [0.05, 0.1) is 7.11 Å². The Morgan fingerprint density at radius 2 is 1.84 bits per heavy atom. The van der Waals surface area contributed by atoms with Crippen molar-refractivity contribution in [3.8, 4) is 11.5 Å². The molecule has 0 amide bonds. The van der Waals surface area contributed by atoms with E-state index in [0.717, 1.165) is 11.1 Å². The van der Waals surface area contributed by atoms with Crippen molar-refractivity contribution in [1.82, 2.24) is 0 Å². The van der Waals surface area contributed by atoms with Crippen molar-refractivity contribution in [2.24, 2.45) is 0 Å². The van der Waals surface area contributed by atoms with Crippen LogP contribution in [0, 0.1) is 13.8 Å². The number of aromatic hydroxyl groups is 1. The third-order valence-corrected chi connectivity index (χ3v) is 3.07. The predicted octanol–water partition coefficient (Wildman–Crippen LogP) is 3.25. The molecule has 98 valence electrons. The van der Waals surface area contributed by atoms with Gasteiger partial charge in [0.15, 0.2) is 17.3 Å². The average Bonchev–Trinajstić information content (AvgIpc) is 2.38. The van der Waals surface area contributed by atoms with E-state index in [-0.39, 0.29) is 11.5 Å². The van der Waals surface area contributed by atoms with Gasteiger partial charge in [-0.15, -0.1) is 0 Å². The fourth-order valence-electron chi connectivity index (χ4n) is 2.04. The zero-order chi connectivity index (χ0) is 14.0. The third-order valence-electron chi connectivity index (χ3n) is 3.07. The number of carbonyl (C=O) groups excluding carboxylic acids is 1. The van der Waals surface area contributed by atoms with Crippen molar-refractivity contribution < 1.29 is 14.6 Å². The van der Waals surface area contributed by atoms with Gasteiger partial charge in [0.2, 0.25) is 0 Å². The minimum atomic E-state index is -0.0733. The van der Waals surface area contributed by atoms with Gasteiger partial charge in [-0.25, -0.2) is 0 Å². The quantitative estimate of drug-likeness (QED) is 0.857. The normalized spacial score (nSPS) is 10.3. The largest absolute Gasteiger partial charge is 0.504 e. The van der Waals surface area contributed by atoms with Gasteiger partial charge in [0.25, 0.3) is 0 Å². The third kappa shape index (κ3) is 2.60. The van der Waals surface area contributed by atoms with Crippen LogP contribution in [0.3, 0.4) is 0 Å². The van der Waals surface area contributed by atoms with Gasteiger partial charge in [0, 0.05) is 11.1 Å². The SMILES string of the molecule is COc1cc(C(=O)c2ccc(C)cc2C)ccc1O. The van der Waals surface area contributed by atoms with E-state index in [0.29, 0.717) is 16.9 Å². The number of methoxy groups -OCH3 is 1. The van der Waals surface area contributed by atoms with Crippen LogP contribution >= 0.6 is 0 Å². The van der Waals surface area contributed by atoms with Crippen LogP contribution < -0.4 is 4.74 Å². The first kappa shape index (κ1) is 13.1. The van der Waals surface area contributed by atoms with E-state index in [1.165, 1.54) is 13.2 Å². The molecule has 0 aliphatic rings. The summed E-state index contributed by atoms with van der Waals surface area (Å²) in [4.78, 5) is 12.4. The van der Waals surface area contributed by atoms with E-state index in [9.17, 15) is 9.90 Å².